The van der Waals surface area contributed by atoms with E-state index in [0.29, 0.717) is 28.8 Å². The van der Waals surface area contributed by atoms with Crippen LogP contribution in [0.2, 0.25) is 0 Å². The number of halogens is 1. The van der Waals surface area contributed by atoms with Crippen molar-refractivity contribution in [1.29, 1.82) is 5.26 Å². The van der Waals surface area contributed by atoms with Crippen LogP contribution in [0.15, 0.2) is 36.8 Å². The number of ether oxygens (including phenoxy) is 2. The highest BCUT2D eigenvalue weighted by molar-refractivity contribution is 5.75. The molecule has 0 spiro atoms. The molecule has 4 aromatic heterocycles. The number of aliphatic hydroxyl groups is 1. The predicted molar refractivity (Wildman–Crippen MR) is 148 cm³/mol. The van der Waals surface area contributed by atoms with Crippen LogP contribution in [0.1, 0.15) is 48.7 Å². The van der Waals surface area contributed by atoms with Crippen LogP contribution in [0.5, 0.6) is 11.5 Å². The van der Waals surface area contributed by atoms with Gasteiger partial charge in [-0.15, -0.1) is 0 Å². The lowest BCUT2D eigenvalue weighted by Crippen LogP contribution is -2.45. The summed E-state index contributed by atoms with van der Waals surface area (Å²) < 4.78 is 29.1. The Balaban J connectivity index is 1.30. The number of hydrogen-bond donors (Lipinski definition) is 2. The maximum Gasteiger partial charge on any atom is 0.176 e. The summed E-state index contributed by atoms with van der Waals surface area (Å²) in [5, 5.41) is 31.5. The summed E-state index contributed by atoms with van der Waals surface area (Å²) in [6.45, 7) is 4.30. The predicted octanol–water partition coefficient (Wildman–Crippen LogP) is 3.36. The van der Waals surface area contributed by atoms with Gasteiger partial charge in [-0.05, 0) is 56.4 Å². The van der Waals surface area contributed by atoms with Gasteiger partial charge >= 0.3 is 0 Å². The fraction of sp³-hybridized carbons (Fsp3) is 0.448. The molecule has 214 valence electrons. The van der Waals surface area contributed by atoms with Gasteiger partial charge in [-0.3, -0.25) is 14.6 Å². The Morgan fingerprint density at radius 2 is 2.02 bits per heavy atom. The first-order chi connectivity index (χ1) is 20.0. The van der Waals surface area contributed by atoms with Crippen molar-refractivity contribution in [2.75, 3.05) is 20.3 Å². The smallest absolute Gasteiger partial charge is 0.176 e. The number of hydrogen-bond acceptors (Lipinski definition) is 9. The van der Waals surface area contributed by atoms with Crippen molar-refractivity contribution < 1.29 is 19.0 Å². The third-order valence-electron chi connectivity index (χ3n) is 8.31. The average molecular weight is 561 g/mol. The fourth-order valence-electron chi connectivity index (χ4n) is 6.08. The van der Waals surface area contributed by atoms with E-state index in [1.165, 1.54) is 17.8 Å². The normalized spacial score (nSPS) is 19.9. The molecule has 1 fully saturated rings. The summed E-state index contributed by atoms with van der Waals surface area (Å²) in [5.41, 5.74) is 4.94. The second-order valence-electron chi connectivity index (χ2n) is 10.7. The summed E-state index contributed by atoms with van der Waals surface area (Å²) in [6, 6.07) is 5.46. The zero-order chi connectivity index (χ0) is 28.5. The van der Waals surface area contributed by atoms with E-state index in [2.05, 4.69) is 38.1 Å². The monoisotopic (exact) mass is 560 g/mol. The number of aliphatic hydroxyl groups excluding tert-OH is 1. The Morgan fingerprint density at radius 3 is 2.73 bits per heavy atom. The van der Waals surface area contributed by atoms with Crippen LogP contribution in [0, 0.1) is 24.2 Å². The van der Waals surface area contributed by atoms with Crippen molar-refractivity contribution in [3.05, 3.63) is 59.6 Å². The Morgan fingerprint density at radius 1 is 1.20 bits per heavy atom. The lowest BCUT2D eigenvalue weighted by Gasteiger charge is -2.38. The number of nitrogens with one attached hydrogen (secondary N) is 1. The molecule has 6 rings (SSSR count). The molecular formula is C29H33FN8O3. The molecule has 1 saturated carbocycles. The average Bonchev–Trinajstić information content (AvgIpc) is 3.57. The van der Waals surface area contributed by atoms with Gasteiger partial charge < -0.3 is 19.9 Å². The van der Waals surface area contributed by atoms with Crippen molar-refractivity contribution in [3.8, 4) is 28.9 Å². The van der Waals surface area contributed by atoms with Crippen LogP contribution < -0.4 is 14.8 Å². The molecule has 11 nitrogen and oxygen atoms in total. The Kier molecular flexibility index (Phi) is 7.47. The van der Waals surface area contributed by atoms with Gasteiger partial charge in [0.15, 0.2) is 29.3 Å². The second-order valence-corrected chi connectivity index (χ2v) is 10.7. The Hall–Kier alpha value is -4.21. The Labute approximate surface area is 237 Å². The molecular weight excluding hydrogens is 527 g/mol. The van der Waals surface area contributed by atoms with Gasteiger partial charge in [0.25, 0.3) is 0 Å². The first-order valence-electron chi connectivity index (χ1n) is 13.9. The molecule has 41 heavy (non-hydrogen) atoms. The van der Waals surface area contributed by atoms with Crippen molar-refractivity contribution in [2.24, 2.45) is 0 Å². The summed E-state index contributed by atoms with van der Waals surface area (Å²) in [5.74, 6) is 0.497. The minimum atomic E-state index is -0.822. The third-order valence-corrected chi connectivity index (χ3v) is 8.31. The maximum atomic E-state index is 13.5. The summed E-state index contributed by atoms with van der Waals surface area (Å²) in [6.07, 6.45) is 10.1. The standard InChI is InChI=1S/C29H33FN8O3/c1-18-24-15-36(22-6-4-21(5-7-22)33-17-31)9-10-37(24)35-28(18)19-11-25(29-26(40-2)13-34-38(29)14-19)41-27(16-39)23-8-3-20(30)12-32-23/h3,8,11-14,21-22,27,33,39H,4-7,9-10,15-16H2,1-2H3/t21?,22?,27-/m1/s1. The number of fused-ring (bicyclic) bond motifs is 2. The highest BCUT2D eigenvalue weighted by atomic mass is 19.1. The SMILES string of the molecule is COc1cnn2cc(-c3nn4c(c3C)CN(C3CCC(NC#N)CC3)CC4)cc(O[C@H](CO)c3ccc(F)cn3)c12. The summed E-state index contributed by atoms with van der Waals surface area (Å²) in [4.78, 5) is 6.65. The van der Waals surface area contributed by atoms with Gasteiger partial charge in [0.05, 0.1) is 49.7 Å². The first-order valence-corrected chi connectivity index (χ1v) is 13.9. The molecule has 12 heteroatoms. The van der Waals surface area contributed by atoms with E-state index in [9.17, 15) is 9.50 Å². The molecule has 1 aliphatic carbocycles. The number of nitrogens with zero attached hydrogens (tertiary/aromatic N) is 7. The van der Waals surface area contributed by atoms with Gasteiger partial charge in [-0.2, -0.15) is 15.5 Å². The molecule has 0 unspecified atom stereocenters. The topological polar surface area (TPSA) is 126 Å². The summed E-state index contributed by atoms with van der Waals surface area (Å²) >= 11 is 0. The minimum absolute atomic E-state index is 0.288. The molecule has 4 aromatic rings. The van der Waals surface area contributed by atoms with E-state index in [1.54, 1.807) is 17.8 Å². The van der Waals surface area contributed by atoms with E-state index in [4.69, 9.17) is 19.8 Å². The highest BCUT2D eigenvalue weighted by Crippen LogP contribution is 2.37. The third kappa shape index (κ3) is 5.18. The molecule has 2 N–H and O–H groups in total. The van der Waals surface area contributed by atoms with E-state index < -0.39 is 11.9 Å². The molecule has 2 aliphatic rings. The van der Waals surface area contributed by atoms with E-state index >= 15 is 0 Å². The number of methoxy groups -OCH3 is 1. The first kappa shape index (κ1) is 27.0. The van der Waals surface area contributed by atoms with Crippen LogP contribution in [0.4, 0.5) is 4.39 Å². The molecule has 5 heterocycles. The Bertz CT molecular complexity index is 1570. The molecule has 0 saturated heterocycles. The minimum Gasteiger partial charge on any atom is -0.493 e. The summed E-state index contributed by atoms with van der Waals surface area (Å²) in [7, 11) is 1.56. The zero-order valence-corrected chi connectivity index (χ0v) is 23.1. The maximum absolute atomic E-state index is 13.5. The zero-order valence-electron chi connectivity index (χ0n) is 23.1. The lowest BCUT2D eigenvalue weighted by molar-refractivity contribution is 0.112. The highest BCUT2D eigenvalue weighted by Gasteiger charge is 2.31. The van der Waals surface area contributed by atoms with Gasteiger partial charge in [0.2, 0.25) is 0 Å². The van der Waals surface area contributed by atoms with Crippen LogP contribution in [0.3, 0.4) is 0 Å². The van der Waals surface area contributed by atoms with Gasteiger partial charge in [-0.1, -0.05) is 0 Å². The molecule has 0 radical (unpaired) electrons. The van der Waals surface area contributed by atoms with E-state index in [-0.39, 0.29) is 12.6 Å². The molecule has 0 aromatic carbocycles. The van der Waals surface area contributed by atoms with Crippen molar-refractivity contribution in [1.82, 2.24) is 34.6 Å². The number of pyridine rings is 2. The van der Waals surface area contributed by atoms with Gasteiger partial charge in [-0.25, -0.2) is 8.91 Å². The van der Waals surface area contributed by atoms with E-state index in [1.807, 2.05) is 12.3 Å². The number of rotatable bonds is 8. The quantitative estimate of drug-likeness (QED) is 0.246. The van der Waals surface area contributed by atoms with E-state index in [0.717, 1.165) is 68.3 Å². The molecule has 1 atom stereocenters. The van der Waals surface area contributed by atoms with Crippen molar-refractivity contribution in [2.45, 2.75) is 63.9 Å². The van der Waals surface area contributed by atoms with Crippen LogP contribution in [0.25, 0.3) is 16.8 Å². The second kappa shape index (κ2) is 11.3. The fourth-order valence-corrected chi connectivity index (χ4v) is 6.08. The van der Waals surface area contributed by atoms with Crippen molar-refractivity contribution in [3.63, 3.8) is 0 Å². The van der Waals surface area contributed by atoms with Crippen LogP contribution in [-0.4, -0.2) is 66.7 Å². The largest absolute Gasteiger partial charge is 0.493 e. The van der Waals surface area contributed by atoms with Crippen LogP contribution >= 0.6 is 0 Å². The van der Waals surface area contributed by atoms with Gasteiger partial charge in [0.1, 0.15) is 5.82 Å². The molecule has 1 aliphatic heterocycles. The van der Waals surface area contributed by atoms with Gasteiger partial charge in [0, 0.05) is 36.9 Å². The molecule has 0 amide bonds. The number of aromatic nitrogens is 5. The van der Waals surface area contributed by atoms with Crippen LogP contribution in [-0.2, 0) is 13.1 Å². The van der Waals surface area contributed by atoms with Crippen molar-refractivity contribution >= 4 is 5.52 Å². The number of nitriles is 1. The molecule has 0 bridgehead atoms. The lowest BCUT2D eigenvalue weighted by atomic mass is 9.90.